The SMILES string of the molecule is CCc1cc2c(c(CC)c1CC)CC1Sc3nnc(CC)n3N=C21. The third-order valence-electron chi connectivity index (χ3n) is 5.27. The van der Waals surface area contributed by atoms with Crippen molar-refractivity contribution < 1.29 is 0 Å². The summed E-state index contributed by atoms with van der Waals surface area (Å²) in [5.41, 5.74) is 8.75. The zero-order valence-corrected chi connectivity index (χ0v) is 15.7. The van der Waals surface area contributed by atoms with Crippen LogP contribution in [0.3, 0.4) is 0 Å². The van der Waals surface area contributed by atoms with E-state index in [4.69, 9.17) is 5.10 Å². The number of rotatable bonds is 4. The number of aryl methyl sites for hydroxylation is 2. The minimum absolute atomic E-state index is 0.392. The van der Waals surface area contributed by atoms with Gasteiger partial charge in [0.15, 0.2) is 5.82 Å². The standard InChI is InChI=1S/C19H24N4S/c1-5-11-9-15-14(13(7-3)12(11)6-2)10-16-18(15)22-23-17(8-4)20-21-19(23)24-16/h9,16H,5-8,10H2,1-4H3. The molecular weight excluding hydrogens is 316 g/mol. The number of hydrogen-bond donors (Lipinski definition) is 0. The van der Waals surface area contributed by atoms with Crippen molar-refractivity contribution in [2.24, 2.45) is 5.10 Å². The molecule has 1 atom stereocenters. The Morgan fingerprint density at radius 3 is 2.50 bits per heavy atom. The lowest BCUT2D eigenvalue weighted by Crippen LogP contribution is -2.20. The summed E-state index contributed by atoms with van der Waals surface area (Å²) in [7, 11) is 0. The largest absolute Gasteiger partial charge is 0.212 e. The molecule has 0 spiro atoms. The van der Waals surface area contributed by atoms with Crippen molar-refractivity contribution in [1.29, 1.82) is 0 Å². The van der Waals surface area contributed by atoms with Crippen LogP contribution < -0.4 is 0 Å². The van der Waals surface area contributed by atoms with Gasteiger partial charge in [0.1, 0.15) is 0 Å². The molecule has 1 aliphatic heterocycles. The predicted molar refractivity (Wildman–Crippen MR) is 99.3 cm³/mol. The molecule has 24 heavy (non-hydrogen) atoms. The van der Waals surface area contributed by atoms with E-state index in [1.54, 1.807) is 11.1 Å². The van der Waals surface area contributed by atoms with E-state index in [2.05, 4.69) is 44.0 Å². The fraction of sp³-hybridized carbons (Fsp3) is 0.526. The number of fused-ring (bicyclic) bond motifs is 4. The van der Waals surface area contributed by atoms with Gasteiger partial charge in [0.25, 0.3) is 0 Å². The molecule has 2 aromatic rings. The van der Waals surface area contributed by atoms with Gasteiger partial charge < -0.3 is 0 Å². The van der Waals surface area contributed by atoms with E-state index in [-0.39, 0.29) is 0 Å². The molecule has 4 nitrogen and oxygen atoms in total. The fourth-order valence-corrected chi connectivity index (χ4v) is 5.25. The van der Waals surface area contributed by atoms with Gasteiger partial charge in [-0.05, 0) is 54.0 Å². The summed E-state index contributed by atoms with van der Waals surface area (Å²) in [6.07, 6.45) is 5.25. The van der Waals surface area contributed by atoms with E-state index < -0.39 is 0 Å². The van der Waals surface area contributed by atoms with E-state index in [1.165, 1.54) is 22.4 Å². The molecule has 0 radical (unpaired) electrons. The summed E-state index contributed by atoms with van der Waals surface area (Å²) in [5.74, 6) is 0.952. The fourth-order valence-electron chi connectivity index (χ4n) is 4.13. The first kappa shape index (κ1) is 15.9. The average molecular weight is 340 g/mol. The van der Waals surface area contributed by atoms with Crippen molar-refractivity contribution in [2.75, 3.05) is 0 Å². The van der Waals surface area contributed by atoms with Crippen LogP contribution >= 0.6 is 11.8 Å². The van der Waals surface area contributed by atoms with Gasteiger partial charge >= 0.3 is 0 Å². The topological polar surface area (TPSA) is 43.1 Å². The first-order valence-corrected chi connectivity index (χ1v) is 9.96. The van der Waals surface area contributed by atoms with E-state index >= 15 is 0 Å². The lowest BCUT2D eigenvalue weighted by atomic mass is 9.89. The molecule has 2 aliphatic rings. The van der Waals surface area contributed by atoms with Gasteiger partial charge in [0.2, 0.25) is 5.16 Å². The number of thioether (sulfide) groups is 1. The zero-order chi connectivity index (χ0) is 16.8. The highest BCUT2D eigenvalue weighted by Crippen LogP contribution is 2.41. The number of aromatic nitrogens is 3. The Bertz CT molecular complexity index is 834. The molecule has 0 N–H and O–H groups in total. The molecule has 4 rings (SSSR count). The lowest BCUT2D eigenvalue weighted by Gasteiger charge is -2.17. The summed E-state index contributed by atoms with van der Waals surface area (Å²) in [5, 5.41) is 14.9. The third-order valence-corrected chi connectivity index (χ3v) is 6.41. The van der Waals surface area contributed by atoms with E-state index in [0.717, 1.165) is 43.1 Å². The van der Waals surface area contributed by atoms with Crippen LogP contribution in [0.1, 0.15) is 61.3 Å². The van der Waals surface area contributed by atoms with Crippen LogP contribution in [-0.2, 0) is 32.1 Å². The Kier molecular flexibility index (Phi) is 3.99. The maximum absolute atomic E-state index is 4.97. The molecule has 1 aromatic heterocycles. The molecule has 5 heteroatoms. The number of hydrogen-bond acceptors (Lipinski definition) is 4. The summed E-state index contributed by atoms with van der Waals surface area (Å²) < 4.78 is 1.95. The molecule has 0 amide bonds. The molecule has 0 saturated carbocycles. The Morgan fingerprint density at radius 2 is 1.83 bits per heavy atom. The van der Waals surface area contributed by atoms with Gasteiger partial charge in [0.05, 0.1) is 11.0 Å². The molecule has 1 unspecified atom stereocenters. The highest BCUT2D eigenvalue weighted by atomic mass is 32.2. The van der Waals surface area contributed by atoms with Gasteiger partial charge in [-0.2, -0.15) is 9.78 Å². The Morgan fingerprint density at radius 1 is 1.04 bits per heavy atom. The molecular formula is C19H24N4S. The second-order valence-corrected chi connectivity index (χ2v) is 7.61. The van der Waals surface area contributed by atoms with Crippen LogP contribution in [0.2, 0.25) is 0 Å². The summed E-state index contributed by atoms with van der Waals surface area (Å²) in [6.45, 7) is 8.93. The minimum atomic E-state index is 0.392. The minimum Gasteiger partial charge on any atom is -0.191 e. The summed E-state index contributed by atoms with van der Waals surface area (Å²) >= 11 is 1.83. The van der Waals surface area contributed by atoms with Crippen LogP contribution in [0.25, 0.3) is 0 Å². The summed E-state index contributed by atoms with van der Waals surface area (Å²) in [4.78, 5) is 0. The van der Waals surface area contributed by atoms with Crippen molar-refractivity contribution in [2.45, 2.75) is 70.2 Å². The van der Waals surface area contributed by atoms with Crippen molar-refractivity contribution in [3.8, 4) is 0 Å². The maximum atomic E-state index is 4.97. The lowest BCUT2D eigenvalue weighted by molar-refractivity contribution is 0.707. The van der Waals surface area contributed by atoms with Crippen LogP contribution in [0.15, 0.2) is 16.3 Å². The second-order valence-electron chi connectivity index (χ2n) is 6.44. The highest BCUT2D eigenvalue weighted by Gasteiger charge is 2.37. The van der Waals surface area contributed by atoms with Crippen molar-refractivity contribution in [1.82, 2.24) is 14.9 Å². The Balaban J connectivity index is 1.91. The van der Waals surface area contributed by atoms with Crippen LogP contribution in [0.4, 0.5) is 0 Å². The Hall–Kier alpha value is -1.62. The third kappa shape index (κ3) is 2.17. The number of benzene rings is 1. The average Bonchev–Trinajstić information content (AvgIpc) is 3.17. The maximum Gasteiger partial charge on any atom is 0.212 e. The molecule has 0 bridgehead atoms. The van der Waals surface area contributed by atoms with Crippen molar-refractivity contribution in [3.63, 3.8) is 0 Å². The van der Waals surface area contributed by atoms with E-state index in [9.17, 15) is 0 Å². The molecule has 126 valence electrons. The second kappa shape index (κ2) is 6.03. The highest BCUT2D eigenvalue weighted by molar-refractivity contribution is 8.00. The van der Waals surface area contributed by atoms with Gasteiger partial charge in [-0.15, -0.1) is 10.2 Å². The summed E-state index contributed by atoms with van der Waals surface area (Å²) in [6, 6.07) is 2.41. The molecule has 2 heterocycles. The van der Waals surface area contributed by atoms with Crippen LogP contribution in [0.5, 0.6) is 0 Å². The van der Waals surface area contributed by atoms with Gasteiger partial charge in [0, 0.05) is 12.0 Å². The molecule has 1 aromatic carbocycles. The molecule has 0 saturated heterocycles. The van der Waals surface area contributed by atoms with Crippen LogP contribution in [-0.4, -0.2) is 25.8 Å². The van der Waals surface area contributed by atoms with Gasteiger partial charge in [-0.3, -0.25) is 0 Å². The normalized spacial score (nSPS) is 18.2. The number of nitrogens with zero attached hydrogens (tertiary/aromatic N) is 4. The van der Waals surface area contributed by atoms with Crippen LogP contribution in [0, 0.1) is 0 Å². The monoisotopic (exact) mass is 340 g/mol. The molecule has 0 fully saturated rings. The van der Waals surface area contributed by atoms with E-state index in [0.29, 0.717) is 5.25 Å². The first-order chi connectivity index (χ1) is 11.7. The van der Waals surface area contributed by atoms with Crippen molar-refractivity contribution in [3.05, 3.63) is 39.7 Å². The first-order valence-electron chi connectivity index (χ1n) is 9.08. The smallest absolute Gasteiger partial charge is 0.191 e. The predicted octanol–water partition coefficient (Wildman–Crippen LogP) is 3.81. The van der Waals surface area contributed by atoms with Gasteiger partial charge in [-0.1, -0.05) is 39.5 Å². The van der Waals surface area contributed by atoms with Gasteiger partial charge in [-0.25, -0.2) is 0 Å². The van der Waals surface area contributed by atoms with E-state index in [1.807, 2.05) is 16.4 Å². The quantitative estimate of drug-likeness (QED) is 0.850. The zero-order valence-electron chi connectivity index (χ0n) is 14.9. The molecule has 1 aliphatic carbocycles. The van der Waals surface area contributed by atoms with Crippen molar-refractivity contribution >= 4 is 17.5 Å². The Labute approximate surface area is 147 Å².